The monoisotopic (exact) mass is 395 g/mol. The largest absolute Gasteiger partial charge is 0.416 e. The third-order valence-electron chi connectivity index (χ3n) is 3.85. The van der Waals surface area contributed by atoms with E-state index in [0.717, 1.165) is 12.1 Å². The Balaban J connectivity index is 2.08. The summed E-state index contributed by atoms with van der Waals surface area (Å²) >= 11 is 6.17. The molecule has 1 aromatic heterocycles. The summed E-state index contributed by atoms with van der Waals surface area (Å²) in [5, 5.41) is 10.0. The molecule has 0 fully saturated rings. The second-order valence-corrected chi connectivity index (χ2v) is 6.22. The Labute approximate surface area is 156 Å². The zero-order valence-electron chi connectivity index (χ0n) is 13.9. The first-order valence-electron chi connectivity index (χ1n) is 7.79. The lowest BCUT2D eigenvalue weighted by molar-refractivity contribution is -0.137. The average Bonchev–Trinajstić information content (AvgIpc) is 2.60. The summed E-state index contributed by atoms with van der Waals surface area (Å²) in [7, 11) is 0. The van der Waals surface area contributed by atoms with Crippen LogP contribution in [-0.2, 0) is 6.18 Å². The van der Waals surface area contributed by atoms with Crippen molar-refractivity contribution in [3.63, 3.8) is 0 Å². The molecule has 3 rings (SSSR count). The molecule has 0 radical (unpaired) electrons. The summed E-state index contributed by atoms with van der Waals surface area (Å²) in [5.74, 6) is 0.0541. The van der Waals surface area contributed by atoms with Crippen molar-refractivity contribution in [3.8, 4) is 22.8 Å². The number of halogens is 4. The van der Waals surface area contributed by atoms with Crippen LogP contribution in [0.3, 0.4) is 0 Å². The second-order valence-electron chi connectivity index (χ2n) is 5.82. The van der Waals surface area contributed by atoms with Gasteiger partial charge in [0.05, 0.1) is 16.7 Å². The zero-order valence-corrected chi connectivity index (χ0v) is 14.6. The Morgan fingerprint density at radius 1 is 1.11 bits per heavy atom. The fraction of sp³-hybridized carbons (Fsp3) is 0.167. The predicted octanol–water partition coefficient (Wildman–Crippen LogP) is 4.22. The summed E-state index contributed by atoms with van der Waals surface area (Å²) in [5.41, 5.74) is -0.372. The van der Waals surface area contributed by atoms with E-state index in [4.69, 9.17) is 11.6 Å². The Morgan fingerprint density at radius 2 is 1.78 bits per heavy atom. The van der Waals surface area contributed by atoms with E-state index < -0.39 is 23.5 Å². The first-order valence-corrected chi connectivity index (χ1v) is 8.17. The molecule has 0 saturated carbocycles. The lowest BCUT2D eigenvalue weighted by atomic mass is 10.1. The number of aliphatic hydroxyl groups excluding tert-OH is 1. The lowest BCUT2D eigenvalue weighted by Gasteiger charge is -2.10. The maximum absolute atomic E-state index is 12.7. The molecule has 140 valence electrons. The number of alkyl halides is 3. The topological polar surface area (TPSA) is 78.9 Å². The molecule has 0 aliphatic carbocycles. The van der Waals surface area contributed by atoms with Gasteiger partial charge in [-0.2, -0.15) is 18.2 Å². The number of hydrogen-bond donors (Lipinski definition) is 2. The van der Waals surface area contributed by atoms with Crippen molar-refractivity contribution in [2.75, 3.05) is 0 Å². The van der Waals surface area contributed by atoms with Gasteiger partial charge in [0.25, 0.3) is 0 Å². The molecular formula is C18H13ClF3N3O2. The predicted molar refractivity (Wildman–Crippen MR) is 94.2 cm³/mol. The zero-order chi connectivity index (χ0) is 19.8. The van der Waals surface area contributed by atoms with Crippen molar-refractivity contribution < 1.29 is 18.3 Å². The number of rotatable bonds is 3. The number of benzene rings is 2. The number of hydrogen-bond acceptors (Lipinski definition) is 4. The highest BCUT2D eigenvalue weighted by Crippen LogP contribution is 2.31. The molecular weight excluding hydrogens is 383 g/mol. The highest BCUT2D eigenvalue weighted by atomic mass is 35.5. The van der Waals surface area contributed by atoms with Crippen LogP contribution in [0.2, 0.25) is 5.02 Å². The third-order valence-corrected chi connectivity index (χ3v) is 4.18. The SMILES string of the molecule is CC(O)c1ccc(Cl)c(-c2nc(-c3ccc(C(F)(F)F)cc3)nc(=O)[nH]2)c1. The van der Waals surface area contributed by atoms with Crippen LogP contribution in [-0.4, -0.2) is 20.1 Å². The van der Waals surface area contributed by atoms with Crippen molar-refractivity contribution >= 4 is 11.6 Å². The van der Waals surface area contributed by atoms with Gasteiger partial charge < -0.3 is 5.11 Å². The molecule has 1 unspecified atom stereocenters. The van der Waals surface area contributed by atoms with E-state index in [0.29, 0.717) is 11.1 Å². The number of aromatic nitrogens is 3. The highest BCUT2D eigenvalue weighted by molar-refractivity contribution is 6.33. The Bertz CT molecular complexity index is 1030. The quantitative estimate of drug-likeness (QED) is 0.695. The van der Waals surface area contributed by atoms with E-state index in [-0.39, 0.29) is 22.2 Å². The number of nitrogens with zero attached hydrogens (tertiary/aromatic N) is 2. The summed E-state index contributed by atoms with van der Waals surface area (Å²) in [6.07, 6.45) is -5.22. The highest BCUT2D eigenvalue weighted by Gasteiger charge is 2.30. The maximum atomic E-state index is 12.7. The molecule has 0 bridgehead atoms. The van der Waals surface area contributed by atoms with Crippen LogP contribution in [0.4, 0.5) is 13.2 Å². The maximum Gasteiger partial charge on any atom is 0.416 e. The van der Waals surface area contributed by atoms with Crippen molar-refractivity contribution in [3.05, 3.63) is 69.1 Å². The molecule has 0 amide bonds. The minimum absolute atomic E-state index is 0.0407. The van der Waals surface area contributed by atoms with Crippen LogP contribution in [0.25, 0.3) is 22.8 Å². The Hall–Kier alpha value is -2.71. The standard InChI is InChI=1S/C18H13ClF3N3O2/c1-9(26)11-4-7-14(19)13(8-11)16-23-15(24-17(27)25-16)10-2-5-12(6-3-10)18(20,21)22/h2-9,26H,1H3,(H,23,24,25,27). The molecule has 0 aliphatic rings. The fourth-order valence-electron chi connectivity index (χ4n) is 2.43. The molecule has 9 heteroatoms. The summed E-state index contributed by atoms with van der Waals surface area (Å²) in [4.78, 5) is 22.3. The van der Waals surface area contributed by atoms with Crippen LogP contribution in [0.5, 0.6) is 0 Å². The van der Waals surface area contributed by atoms with Crippen molar-refractivity contribution in [2.45, 2.75) is 19.2 Å². The molecule has 1 atom stereocenters. The van der Waals surface area contributed by atoms with E-state index in [1.54, 1.807) is 25.1 Å². The van der Waals surface area contributed by atoms with Gasteiger partial charge in [-0.25, -0.2) is 9.78 Å². The van der Waals surface area contributed by atoms with Crippen LogP contribution in [0, 0.1) is 0 Å². The Kier molecular flexibility index (Phi) is 5.03. The first kappa shape index (κ1) is 19.1. The Morgan fingerprint density at radius 3 is 2.37 bits per heavy atom. The van der Waals surface area contributed by atoms with Gasteiger partial charge in [-0.15, -0.1) is 0 Å². The van der Waals surface area contributed by atoms with Gasteiger partial charge in [0.1, 0.15) is 5.82 Å². The van der Waals surface area contributed by atoms with Crippen LogP contribution < -0.4 is 5.69 Å². The molecule has 0 spiro atoms. The molecule has 3 aromatic rings. The molecule has 0 saturated heterocycles. The lowest BCUT2D eigenvalue weighted by Crippen LogP contribution is -2.14. The number of aromatic amines is 1. The van der Waals surface area contributed by atoms with Crippen LogP contribution in [0.1, 0.15) is 24.2 Å². The van der Waals surface area contributed by atoms with Crippen LogP contribution >= 0.6 is 11.6 Å². The van der Waals surface area contributed by atoms with E-state index in [2.05, 4.69) is 15.0 Å². The van der Waals surface area contributed by atoms with Gasteiger partial charge in [-0.3, -0.25) is 4.98 Å². The minimum atomic E-state index is -4.46. The van der Waals surface area contributed by atoms with Crippen molar-refractivity contribution in [2.24, 2.45) is 0 Å². The number of nitrogens with one attached hydrogen (secondary N) is 1. The fourth-order valence-corrected chi connectivity index (χ4v) is 2.64. The molecule has 27 heavy (non-hydrogen) atoms. The molecule has 5 nitrogen and oxygen atoms in total. The molecule has 2 aromatic carbocycles. The molecule has 0 aliphatic heterocycles. The minimum Gasteiger partial charge on any atom is -0.389 e. The van der Waals surface area contributed by atoms with Crippen molar-refractivity contribution in [1.29, 1.82) is 0 Å². The summed E-state index contributed by atoms with van der Waals surface area (Å²) < 4.78 is 38.1. The second kappa shape index (κ2) is 7.13. The average molecular weight is 396 g/mol. The van der Waals surface area contributed by atoms with E-state index in [1.165, 1.54) is 12.1 Å². The van der Waals surface area contributed by atoms with Gasteiger partial charge >= 0.3 is 11.9 Å². The van der Waals surface area contributed by atoms with Gasteiger partial charge in [0, 0.05) is 11.1 Å². The van der Waals surface area contributed by atoms with Gasteiger partial charge in [0.2, 0.25) is 0 Å². The molecule has 1 heterocycles. The van der Waals surface area contributed by atoms with Crippen molar-refractivity contribution in [1.82, 2.24) is 15.0 Å². The normalized spacial score (nSPS) is 12.8. The van der Waals surface area contributed by atoms with E-state index >= 15 is 0 Å². The summed E-state index contributed by atoms with van der Waals surface area (Å²) in [6, 6.07) is 8.91. The van der Waals surface area contributed by atoms with E-state index in [9.17, 15) is 23.1 Å². The van der Waals surface area contributed by atoms with Gasteiger partial charge in [-0.05, 0) is 36.8 Å². The van der Waals surface area contributed by atoms with Crippen LogP contribution in [0.15, 0.2) is 47.3 Å². The number of aliphatic hydroxyl groups is 1. The number of H-pyrrole nitrogens is 1. The smallest absolute Gasteiger partial charge is 0.389 e. The van der Waals surface area contributed by atoms with Gasteiger partial charge in [0.15, 0.2) is 5.82 Å². The van der Waals surface area contributed by atoms with Gasteiger partial charge in [-0.1, -0.05) is 29.8 Å². The molecule has 2 N–H and O–H groups in total. The first-order chi connectivity index (χ1) is 12.6. The third kappa shape index (κ3) is 4.17. The summed E-state index contributed by atoms with van der Waals surface area (Å²) in [6.45, 7) is 1.57. The van der Waals surface area contributed by atoms with E-state index in [1.807, 2.05) is 0 Å².